The average Bonchev–Trinajstić information content (AvgIpc) is 3.04. The predicted molar refractivity (Wildman–Crippen MR) is 106 cm³/mol. The van der Waals surface area contributed by atoms with Crippen LogP contribution in [-0.4, -0.2) is 37.1 Å². The first-order valence-electron chi connectivity index (χ1n) is 9.57. The van der Waals surface area contributed by atoms with Crippen molar-refractivity contribution >= 4 is 11.8 Å². The largest absolute Gasteiger partial charge is 0.493 e. The van der Waals surface area contributed by atoms with Gasteiger partial charge in [0, 0.05) is 17.7 Å². The van der Waals surface area contributed by atoms with Crippen molar-refractivity contribution in [2.75, 3.05) is 14.2 Å². The predicted octanol–water partition coefficient (Wildman–Crippen LogP) is 4.21. The molecule has 3 rings (SSSR count). The summed E-state index contributed by atoms with van der Waals surface area (Å²) < 4.78 is 16.1. The number of hydrogen-bond acceptors (Lipinski definition) is 5. The Bertz CT molecular complexity index is 899. The third-order valence-electron chi connectivity index (χ3n) is 5.46. The maximum absolute atomic E-state index is 12.9. The minimum atomic E-state index is -0.406. The summed E-state index contributed by atoms with van der Waals surface area (Å²) in [6.45, 7) is 5.62. The molecule has 0 saturated carbocycles. The standard InChI is InChI=1S/C22H27NO5/c1-6-12(2)28-22(25)21-13(3)20-16(23-21)9-15(10-17(20)24)14-7-8-18(26-4)19(11-14)27-5/h7-8,11-12,15,23H,6,9-10H2,1-5H3. The second-order valence-electron chi connectivity index (χ2n) is 7.25. The van der Waals surface area contributed by atoms with E-state index >= 15 is 0 Å². The number of Topliss-reactive ketones (excluding diaryl/α,β-unsaturated/α-hetero) is 1. The molecule has 1 N–H and O–H groups in total. The van der Waals surface area contributed by atoms with Crippen molar-refractivity contribution < 1.29 is 23.8 Å². The van der Waals surface area contributed by atoms with Crippen molar-refractivity contribution in [3.63, 3.8) is 0 Å². The Morgan fingerprint density at radius 2 is 1.93 bits per heavy atom. The molecule has 0 saturated heterocycles. The summed E-state index contributed by atoms with van der Waals surface area (Å²) in [6.07, 6.45) is 1.61. The van der Waals surface area contributed by atoms with Crippen LogP contribution in [0.15, 0.2) is 18.2 Å². The maximum atomic E-state index is 12.9. The average molecular weight is 385 g/mol. The number of fused-ring (bicyclic) bond motifs is 1. The van der Waals surface area contributed by atoms with Gasteiger partial charge in [0.2, 0.25) is 0 Å². The number of esters is 1. The number of ketones is 1. The lowest BCUT2D eigenvalue weighted by Gasteiger charge is -2.23. The van der Waals surface area contributed by atoms with Crippen LogP contribution < -0.4 is 9.47 Å². The number of H-pyrrole nitrogens is 1. The van der Waals surface area contributed by atoms with Gasteiger partial charge in [0.15, 0.2) is 17.3 Å². The number of benzene rings is 1. The van der Waals surface area contributed by atoms with Crippen LogP contribution in [-0.2, 0) is 11.2 Å². The number of aromatic amines is 1. The van der Waals surface area contributed by atoms with Crippen molar-refractivity contribution in [2.24, 2.45) is 0 Å². The highest BCUT2D eigenvalue weighted by Gasteiger charge is 2.32. The fourth-order valence-electron chi connectivity index (χ4n) is 3.70. The van der Waals surface area contributed by atoms with Gasteiger partial charge in [-0.2, -0.15) is 0 Å². The van der Waals surface area contributed by atoms with Gasteiger partial charge < -0.3 is 19.2 Å². The molecule has 0 radical (unpaired) electrons. The lowest BCUT2D eigenvalue weighted by molar-refractivity contribution is 0.0327. The van der Waals surface area contributed by atoms with Crippen molar-refractivity contribution in [2.45, 2.75) is 52.1 Å². The molecule has 0 fully saturated rings. The number of rotatable bonds is 6. The highest BCUT2D eigenvalue weighted by Crippen LogP contribution is 2.38. The second-order valence-corrected chi connectivity index (χ2v) is 7.25. The fourth-order valence-corrected chi connectivity index (χ4v) is 3.70. The SMILES string of the molecule is CCC(C)OC(=O)c1[nH]c2c(c1C)C(=O)CC(c1ccc(OC)c(OC)c1)C2. The summed E-state index contributed by atoms with van der Waals surface area (Å²) >= 11 is 0. The first-order valence-corrected chi connectivity index (χ1v) is 9.57. The summed E-state index contributed by atoms with van der Waals surface area (Å²) in [5.41, 5.74) is 3.50. The lowest BCUT2D eigenvalue weighted by atomic mass is 9.81. The highest BCUT2D eigenvalue weighted by atomic mass is 16.5. The zero-order chi connectivity index (χ0) is 20.4. The Balaban J connectivity index is 1.90. The van der Waals surface area contributed by atoms with Crippen molar-refractivity contribution in [3.05, 3.63) is 46.3 Å². The van der Waals surface area contributed by atoms with Gasteiger partial charge in [-0.1, -0.05) is 13.0 Å². The minimum Gasteiger partial charge on any atom is -0.493 e. The minimum absolute atomic E-state index is 0.0105. The first-order chi connectivity index (χ1) is 13.4. The van der Waals surface area contributed by atoms with Crippen molar-refractivity contribution in [1.29, 1.82) is 0 Å². The molecule has 150 valence electrons. The van der Waals surface area contributed by atoms with E-state index in [1.54, 1.807) is 21.1 Å². The molecule has 1 aliphatic carbocycles. The number of nitrogens with one attached hydrogen (secondary N) is 1. The Hall–Kier alpha value is -2.76. The van der Waals surface area contributed by atoms with Crippen LogP contribution in [0.1, 0.15) is 70.3 Å². The smallest absolute Gasteiger partial charge is 0.355 e. The maximum Gasteiger partial charge on any atom is 0.355 e. The Labute approximate surface area is 165 Å². The van der Waals surface area contributed by atoms with Crippen LogP contribution in [0.4, 0.5) is 0 Å². The summed E-state index contributed by atoms with van der Waals surface area (Å²) in [6, 6.07) is 5.72. The molecule has 28 heavy (non-hydrogen) atoms. The number of aromatic nitrogens is 1. The van der Waals surface area contributed by atoms with E-state index in [1.807, 2.05) is 32.0 Å². The zero-order valence-corrected chi connectivity index (χ0v) is 17.0. The third-order valence-corrected chi connectivity index (χ3v) is 5.46. The molecule has 6 nitrogen and oxygen atoms in total. The molecule has 0 bridgehead atoms. The summed E-state index contributed by atoms with van der Waals surface area (Å²) in [7, 11) is 3.19. The summed E-state index contributed by atoms with van der Waals surface area (Å²) in [5.74, 6) is 0.934. The summed E-state index contributed by atoms with van der Waals surface area (Å²) in [4.78, 5) is 28.5. The van der Waals surface area contributed by atoms with Gasteiger partial charge in [0.25, 0.3) is 0 Å². The van der Waals surface area contributed by atoms with E-state index in [9.17, 15) is 9.59 Å². The zero-order valence-electron chi connectivity index (χ0n) is 17.0. The van der Waals surface area contributed by atoms with E-state index in [0.717, 1.165) is 17.7 Å². The molecule has 1 aromatic carbocycles. The molecule has 1 heterocycles. The summed E-state index contributed by atoms with van der Waals surface area (Å²) in [5, 5.41) is 0. The van der Waals surface area contributed by atoms with Gasteiger partial charge in [-0.25, -0.2) is 4.79 Å². The van der Waals surface area contributed by atoms with Gasteiger partial charge in [0.1, 0.15) is 5.69 Å². The number of hydrogen-bond donors (Lipinski definition) is 1. The van der Waals surface area contributed by atoms with E-state index < -0.39 is 5.97 Å². The molecule has 2 unspecified atom stereocenters. The van der Waals surface area contributed by atoms with Crippen molar-refractivity contribution in [3.8, 4) is 11.5 Å². The van der Waals surface area contributed by atoms with Crippen LogP contribution in [0.5, 0.6) is 11.5 Å². The number of carbonyl (C=O) groups excluding carboxylic acids is 2. The first kappa shape index (κ1) is 20.0. The van der Waals surface area contributed by atoms with Crippen LogP contribution in [0.2, 0.25) is 0 Å². The van der Waals surface area contributed by atoms with E-state index in [-0.39, 0.29) is 17.8 Å². The fraction of sp³-hybridized carbons (Fsp3) is 0.455. The van der Waals surface area contributed by atoms with Crippen LogP contribution in [0.3, 0.4) is 0 Å². The molecule has 6 heteroatoms. The Kier molecular flexibility index (Phi) is 5.77. The molecule has 2 aromatic rings. The van der Waals surface area contributed by atoms with E-state index in [2.05, 4.69) is 4.98 Å². The monoisotopic (exact) mass is 385 g/mol. The van der Waals surface area contributed by atoms with E-state index in [4.69, 9.17) is 14.2 Å². The van der Waals surface area contributed by atoms with E-state index in [1.165, 1.54) is 0 Å². The lowest BCUT2D eigenvalue weighted by Crippen LogP contribution is -2.18. The molecule has 2 atom stereocenters. The van der Waals surface area contributed by atoms with Gasteiger partial charge in [0.05, 0.1) is 20.3 Å². The second kappa shape index (κ2) is 8.09. The van der Waals surface area contributed by atoms with Crippen LogP contribution in [0.25, 0.3) is 0 Å². The number of carbonyl (C=O) groups is 2. The molecular weight excluding hydrogens is 358 g/mol. The van der Waals surface area contributed by atoms with Gasteiger partial charge in [-0.15, -0.1) is 0 Å². The molecule has 0 spiro atoms. The highest BCUT2D eigenvalue weighted by molar-refractivity contribution is 6.03. The Morgan fingerprint density at radius 3 is 2.57 bits per heavy atom. The van der Waals surface area contributed by atoms with Crippen molar-refractivity contribution in [1.82, 2.24) is 4.98 Å². The number of methoxy groups -OCH3 is 2. The van der Waals surface area contributed by atoms with Gasteiger partial charge in [-0.3, -0.25) is 4.79 Å². The van der Waals surface area contributed by atoms with Crippen LogP contribution >= 0.6 is 0 Å². The van der Waals surface area contributed by atoms with Gasteiger partial charge in [-0.05, 0) is 55.9 Å². The van der Waals surface area contributed by atoms with Crippen LogP contribution in [0, 0.1) is 6.92 Å². The molecule has 0 aliphatic heterocycles. The third kappa shape index (κ3) is 3.63. The molecular formula is C22H27NO5. The number of ether oxygens (including phenoxy) is 3. The molecule has 1 aromatic heterocycles. The van der Waals surface area contributed by atoms with E-state index in [0.29, 0.717) is 41.2 Å². The van der Waals surface area contributed by atoms with Gasteiger partial charge >= 0.3 is 5.97 Å². The normalized spacial score (nSPS) is 17.0. The molecule has 0 amide bonds. The Morgan fingerprint density at radius 1 is 1.21 bits per heavy atom. The topological polar surface area (TPSA) is 77.6 Å². The quantitative estimate of drug-likeness (QED) is 0.754. The molecule has 1 aliphatic rings.